The quantitative estimate of drug-likeness (QED) is 0.837. The van der Waals surface area contributed by atoms with E-state index in [4.69, 9.17) is 4.74 Å². The smallest absolute Gasteiger partial charge is 0.263 e. The van der Waals surface area contributed by atoms with E-state index in [1.807, 2.05) is 30.0 Å². The van der Waals surface area contributed by atoms with Crippen LogP contribution in [0.1, 0.15) is 51.2 Å². The first kappa shape index (κ1) is 16.9. The molecule has 122 valence electrons. The summed E-state index contributed by atoms with van der Waals surface area (Å²) in [5.41, 5.74) is 2.65. The highest BCUT2D eigenvalue weighted by molar-refractivity contribution is 5.81. The molecule has 0 bridgehead atoms. The fourth-order valence-electron chi connectivity index (χ4n) is 3.07. The molecule has 0 N–H and O–H groups in total. The van der Waals surface area contributed by atoms with Crippen LogP contribution in [0.5, 0.6) is 5.75 Å². The molecule has 3 nitrogen and oxygen atoms in total. The second-order valence-corrected chi connectivity index (χ2v) is 7.29. The van der Waals surface area contributed by atoms with Gasteiger partial charge in [0, 0.05) is 13.1 Å². The summed E-state index contributed by atoms with van der Waals surface area (Å²) in [5, 5.41) is 0. The van der Waals surface area contributed by atoms with Gasteiger partial charge < -0.3 is 9.64 Å². The number of hydrogen-bond acceptors (Lipinski definition) is 2. The van der Waals surface area contributed by atoms with Gasteiger partial charge in [-0.15, -0.1) is 0 Å². The van der Waals surface area contributed by atoms with Gasteiger partial charge in [0.25, 0.3) is 5.91 Å². The van der Waals surface area contributed by atoms with E-state index in [-0.39, 0.29) is 17.4 Å². The predicted molar refractivity (Wildman–Crippen MR) is 90.2 cm³/mol. The van der Waals surface area contributed by atoms with Gasteiger partial charge in [0.1, 0.15) is 5.75 Å². The van der Waals surface area contributed by atoms with Crippen LogP contribution >= 0.6 is 0 Å². The fourth-order valence-corrected chi connectivity index (χ4v) is 3.07. The number of hydrogen-bond donors (Lipinski definition) is 0. The maximum absolute atomic E-state index is 12.8. The van der Waals surface area contributed by atoms with Crippen molar-refractivity contribution in [3.63, 3.8) is 0 Å². The van der Waals surface area contributed by atoms with Crippen LogP contribution in [0.4, 0.5) is 0 Å². The first-order chi connectivity index (χ1) is 10.3. The van der Waals surface area contributed by atoms with Crippen LogP contribution in [0.2, 0.25) is 0 Å². The van der Waals surface area contributed by atoms with E-state index in [9.17, 15) is 4.79 Å². The summed E-state index contributed by atoms with van der Waals surface area (Å²) in [7, 11) is 0. The lowest BCUT2D eigenvalue weighted by molar-refractivity contribution is -0.142. The van der Waals surface area contributed by atoms with E-state index in [0.29, 0.717) is 6.42 Å². The zero-order valence-corrected chi connectivity index (χ0v) is 14.6. The molecule has 1 fully saturated rings. The Morgan fingerprint density at radius 3 is 2.64 bits per heavy atom. The summed E-state index contributed by atoms with van der Waals surface area (Å²) in [5.74, 6) is 0.924. The summed E-state index contributed by atoms with van der Waals surface area (Å²) in [6.45, 7) is 12.3. The van der Waals surface area contributed by atoms with E-state index < -0.39 is 0 Å². The Labute approximate surface area is 134 Å². The molecule has 0 radical (unpaired) electrons. The van der Waals surface area contributed by atoms with Crippen LogP contribution in [0.3, 0.4) is 0 Å². The SMILES string of the molecule is CC[C@@H](Oc1ccc(C)c(C)c1)C(=O)N1CCCC(C)(C)C1. The normalized spacial score (nSPS) is 18.9. The molecule has 1 aromatic rings. The van der Waals surface area contributed by atoms with Gasteiger partial charge in [-0.2, -0.15) is 0 Å². The van der Waals surface area contributed by atoms with E-state index in [1.54, 1.807) is 0 Å². The molecule has 1 aliphatic rings. The van der Waals surface area contributed by atoms with Crippen LogP contribution in [0, 0.1) is 19.3 Å². The number of carbonyl (C=O) groups is 1. The molecule has 0 aromatic heterocycles. The van der Waals surface area contributed by atoms with Crippen molar-refractivity contribution in [2.75, 3.05) is 13.1 Å². The van der Waals surface area contributed by atoms with E-state index in [1.165, 1.54) is 17.5 Å². The van der Waals surface area contributed by atoms with Gasteiger partial charge in [0.2, 0.25) is 0 Å². The third-order valence-electron chi connectivity index (χ3n) is 4.62. The van der Waals surface area contributed by atoms with Gasteiger partial charge in [-0.25, -0.2) is 0 Å². The van der Waals surface area contributed by atoms with Gasteiger partial charge in [-0.05, 0) is 61.8 Å². The average molecular weight is 303 g/mol. The third kappa shape index (κ3) is 4.02. The van der Waals surface area contributed by atoms with Gasteiger partial charge in [-0.3, -0.25) is 4.79 Å². The van der Waals surface area contributed by atoms with Gasteiger partial charge in [0.15, 0.2) is 6.10 Å². The number of likely N-dealkylation sites (tertiary alicyclic amines) is 1. The zero-order chi connectivity index (χ0) is 16.3. The molecule has 2 rings (SSSR count). The van der Waals surface area contributed by atoms with Crippen molar-refractivity contribution in [1.29, 1.82) is 0 Å². The van der Waals surface area contributed by atoms with Crippen LogP contribution in [-0.4, -0.2) is 30.0 Å². The van der Waals surface area contributed by atoms with Crippen LogP contribution in [0.25, 0.3) is 0 Å². The van der Waals surface area contributed by atoms with Crippen molar-refractivity contribution in [1.82, 2.24) is 4.90 Å². The highest BCUT2D eigenvalue weighted by atomic mass is 16.5. The summed E-state index contributed by atoms with van der Waals surface area (Å²) in [6, 6.07) is 6.02. The topological polar surface area (TPSA) is 29.5 Å². The lowest BCUT2D eigenvalue weighted by Gasteiger charge is -2.39. The summed E-state index contributed by atoms with van der Waals surface area (Å²) < 4.78 is 5.99. The minimum Gasteiger partial charge on any atom is -0.481 e. The number of aryl methyl sites for hydroxylation is 2. The van der Waals surface area contributed by atoms with Crippen molar-refractivity contribution in [2.45, 2.75) is 60.0 Å². The average Bonchev–Trinajstić information content (AvgIpc) is 2.46. The van der Waals surface area contributed by atoms with Crippen LogP contribution < -0.4 is 4.74 Å². The fraction of sp³-hybridized carbons (Fsp3) is 0.632. The minimum atomic E-state index is -0.379. The van der Waals surface area contributed by atoms with Crippen molar-refractivity contribution in [3.05, 3.63) is 29.3 Å². The Balaban J connectivity index is 2.07. The highest BCUT2D eigenvalue weighted by Crippen LogP contribution is 2.29. The monoisotopic (exact) mass is 303 g/mol. The Morgan fingerprint density at radius 2 is 2.05 bits per heavy atom. The number of nitrogens with zero attached hydrogens (tertiary/aromatic N) is 1. The number of piperidine rings is 1. The first-order valence-corrected chi connectivity index (χ1v) is 8.35. The van der Waals surface area contributed by atoms with Crippen molar-refractivity contribution in [3.8, 4) is 5.75 Å². The molecule has 1 saturated heterocycles. The molecule has 1 amide bonds. The molecule has 22 heavy (non-hydrogen) atoms. The standard InChI is InChI=1S/C19H29NO2/c1-6-17(22-16-9-8-14(2)15(3)12-16)18(21)20-11-7-10-19(4,5)13-20/h8-9,12,17H,6-7,10-11,13H2,1-5H3/t17-/m1/s1. The molecule has 0 spiro atoms. The molecule has 1 aliphatic heterocycles. The predicted octanol–water partition coefficient (Wildman–Crippen LogP) is 4.11. The van der Waals surface area contributed by atoms with Gasteiger partial charge >= 0.3 is 0 Å². The van der Waals surface area contributed by atoms with Crippen LogP contribution in [0.15, 0.2) is 18.2 Å². The van der Waals surface area contributed by atoms with Gasteiger partial charge in [-0.1, -0.05) is 26.8 Å². The van der Waals surface area contributed by atoms with Crippen molar-refractivity contribution in [2.24, 2.45) is 5.41 Å². The molecule has 0 saturated carbocycles. The second-order valence-electron chi connectivity index (χ2n) is 7.29. The Morgan fingerprint density at radius 1 is 1.32 bits per heavy atom. The van der Waals surface area contributed by atoms with Crippen molar-refractivity contribution >= 4 is 5.91 Å². The maximum atomic E-state index is 12.8. The third-order valence-corrected chi connectivity index (χ3v) is 4.62. The van der Waals surface area contributed by atoms with E-state index >= 15 is 0 Å². The molecule has 1 aromatic carbocycles. The molecule has 0 unspecified atom stereocenters. The lowest BCUT2D eigenvalue weighted by Crippen LogP contribution is -2.48. The number of carbonyl (C=O) groups excluding carboxylic acids is 1. The molecular weight excluding hydrogens is 274 g/mol. The maximum Gasteiger partial charge on any atom is 0.263 e. The minimum absolute atomic E-state index is 0.133. The zero-order valence-electron chi connectivity index (χ0n) is 14.6. The molecule has 1 heterocycles. The van der Waals surface area contributed by atoms with Crippen molar-refractivity contribution < 1.29 is 9.53 Å². The number of ether oxygens (including phenoxy) is 1. The van der Waals surface area contributed by atoms with E-state index in [0.717, 1.165) is 25.3 Å². The van der Waals surface area contributed by atoms with Crippen LogP contribution in [-0.2, 0) is 4.79 Å². The Bertz CT molecular complexity index is 536. The molecular formula is C19H29NO2. The highest BCUT2D eigenvalue weighted by Gasteiger charge is 2.32. The number of benzene rings is 1. The number of amides is 1. The summed E-state index contributed by atoms with van der Waals surface area (Å²) >= 11 is 0. The molecule has 3 heteroatoms. The first-order valence-electron chi connectivity index (χ1n) is 8.35. The molecule has 1 atom stereocenters. The lowest BCUT2D eigenvalue weighted by atomic mass is 9.84. The van der Waals surface area contributed by atoms with Gasteiger partial charge in [0.05, 0.1) is 0 Å². The summed E-state index contributed by atoms with van der Waals surface area (Å²) in [4.78, 5) is 14.8. The summed E-state index contributed by atoms with van der Waals surface area (Å²) in [6.07, 6.45) is 2.59. The van der Waals surface area contributed by atoms with E-state index in [2.05, 4.69) is 27.7 Å². The number of rotatable bonds is 4. The Kier molecular flexibility index (Phi) is 5.15. The Hall–Kier alpha value is -1.51. The largest absolute Gasteiger partial charge is 0.481 e. The second kappa shape index (κ2) is 6.72. The molecule has 0 aliphatic carbocycles.